The lowest BCUT2D eigenvalue weighted by atomic mass is 10.1. The van der Waals surface area contributed by atoms with Crippen LogP contribution in [0.2, 0.25) is 0 Å². The molecule has 166 valence electrons. The largest absolute Gasteiger partial charge is 0.460 e. The van der Waals surface area contributed by atoms with Crippen molar-refractivity contribution in [3.05, 3.63) is 57.9 Å². The first-order valence-corrected chi connectivity index (χ1v) is 10.4. The second-order valence-corrected chi connectivity index (χ2v) is 7.64. The van der Waals surface area contributed by atoms with E-state index < -0.39 is 5.97 Å². The Labute approximate surface area is 181 Å². The van der Waals surface area contributed by atoms with Crippen molar-refractivity contribution in [1.29, 1.82) is 0 Å². The molecule has 0 spiro atoms. The smallest absolute Gasteiger partial charge is 0.340 e. The molecule has 1 aliphatic rings. The third-order valence-corrected chi connectivity index (χ3v) is 5.41. The summed E-state index contributed by atoms with van der Waals surface area (Å²) in [7, 11) is 1.53. The zero-order valence-electron chi connectivity index (χ0n) is 18.2. The zero-order valence-corrected chi connectivity index (χ0v) is 18.2. The molecule has 2 heterocycles. The summed E-state index contributed by atoms with van der Waals surface area (Å²) in [5.41, 5.74) is 3.25. The van der Waals surface area contributed by atoms with Crippen molar-refractivity contribution in [2.75, 3.05) is 33.4 Å². The predicted octanol–water partition coefficient (Wildman–Crippen LogP) is 2.60. The van der Waals surface area contributed by atoms with Gasteiger partial charge < -0.3 is 24.7 Å². The van der Waals surface area contributed by atoms with Gasteiger partial charge in [0, 0.05) is 38.0 Å². The molecule has 2 aromatic rings. The van der Waals surface area contributed by atoms with Crippen molar-refractivity contribution in [1.82, 2.24) is 15.2 Å². The highest BCUT2D eigenvalue weighted by Crippen LogP contribution is 2.19. The lowest BCUT2D eigenvalue weighted by Crippen LogP contribution is -2.28. The monoisotopic (exact) mass is 427 g/mol. The van der Waals surface area contributed by atoms with Crippen molar-refractivity contribution in [3.63, 3.8) is 0 Å². The van der Waals surface area contributed by atoms with Crippen LogP contribution in [0.1, 0.15) is 60.9 Å². The van der Waals surface area contributed by atoms with Crippen LogP contribution in [0.3, 0.4) is 0 Å². The summed E-state index contributed by atoms with van der Waals surface area (Å²) in [6.45, 7) is 5.74. The number of likely N-dealkylation sites (tertiary alicyclic amines) is 1. The maximum Gasteiger partial charge on any atom is 0.340 e. The first-order chi connectivity index (χ1) is 14.9. The number of rotatable bonds is 8. The van der Waals surface area contributed by atoms with Gasteiger partial charge in [-0.1, -0.05) is 12.1 Å². The first-order valence-electron chi connectivity index (χ1n) is 10.4. The van der Waals surface area contributed by atoms with E-state index >= 15 is 0 Å². The van der Waals surface area contributed by atoms with Crippen LogP contribution in [-0.4, -0.2) is 61.1 Å². The first kappa shape index (κ1) is 22.6. The van der Waals surface area contributed by atoms with E-state index in [1.807, 2.05) is 23.1 Å². The SMILES string of the molecule is COCCOC(=O)c1c(C)[nH]c(C(=O)NCc2cccc(C(=O)N3CCCC3)c2)c1C. The van der Waals surface area contributed by atoms with Crippen molar-refractivity contribution < 1.29 is 23.9 Å². The van der Waals surface area contributed by atoms with Crippen LogP contribution in [0.4, 0.5) is 0 Å². The lowest BCUT2D eigenvalue weighted by molar-refractivity contribution is 0.0386. The molecule has 2 amide bonds. The van der Waals surface area contributed by atoms with E-state index in [0.717, 1.165) is 31.5 Å². The van der Waals surface area contributed by atoms with Gasteiger partial charge in [0.2, 0.25) is 0 Å². The number of H-pyrrole nitrogens is 1. The number of carbonyl (C=O) groups excluding carboxylic acids is 3. The average molecular weight is 428 g/mol. The zero-order chi connectivity index (χ0) is 22.4. The average Bonchev–Trinajstić information content (AvgIpc) is 3.40. The summed E-state index contributed by atoms with van der Waals surface area (Å²) in [5.74, 6) is -0.790. The number of aryl methyl sites for hydroxylation is 1. The summed E-state index contributed by atoms with van der Waals surface area (Å²) in [5, 5.41) is 2.86. The van der Waals surface area contributed by atoms with E-state index in [2.05, 4.69) is 10.3 Å². The Kier molecular flexibility index (Phi) is 7.46. The fourth-order valence-electron chi connectivity index (χ4n) is 3.76. The molecule has 2 N–H and O–H groups in total. The number of nitrogens with zero attached hydrogens (tertiary/aromatic N) is 1. The molecule has 0 saturated carbocycles. The number of hydrogen-bond donors (Lipinski definition) is 2. The molecule has 8 heteroatoms. The van der Waals surface area contributed by atoms with E-state index in [4.69, 9.17) is 9.47 Å². The number of aromatic amines is 1. The van der Waals surface area contributed by atoms with Gasteiger partial charge in [0.1, 0.15) is 12.3 Å². The second kappa shape index (κ2) is 10.3. The van der Waals surface area contributed by atoms with Gasteiger partial charge in [0.05, 0.1) is 12.2 Å². The number of benzene rings is 1. The Hall–Kier alpha value is -3.13. The van der Waals surface area contributed by atoms with Gasteiger partial charge in [0.25, 0.3) is 11.8 Å². The summed E-state index contributed by atoms with van der Waals surface area (Å²) in [6, 6.07) is 7.30. The van der Waals surface area contributed by atoms with Crippen LogP contribution in [0.25, 0.3) is 0 Å². The van der Waals surface area contributed by atoms with Gasteiger partial charge in [-0.15, -0.1) is 0 Å². The van der Waals surface area contributed by atoms with Gasteiger partial charge in [-0.3, -0.25) is 9.59 Å². The molecule has 1 aromatic heterocycles. The minimum absolute atomic E-state index is 0.0261. The van der Waals surface area contributed by atoms with E-state index in [-0.39, 0.29) is 25.0 Å². The number of hydrogen-bond acceptors (Lipinski definition) is 5. The molecule has 8 nitrogen and oxygen atoms in total. The molecule has 1 saturated heterocycles. The molecule has 0 atom stereocenters. The molecular weight excluding hydrogens is 398 g/mol. The van der Waals surface area contributed by atoms with E-state index in [0.29, 0.717) is 34.7 Å². The molecule has 0 bridgehead atoms. The Morgan fingerprint density at radius 3 is 2.58 bits per heavy atom. The molecule has 31 heavy (non-hydrogen) atoms. The normalized spacial score (nSPS) is 13.3. The molecule has 1 aliphatic heterocycles. The molecule has 1 fully saturated rings. The molecule has 1 aromatic carbocycles. The Morgan fingerprint density at radius 1 is 1.13 bits per heavy atom. The number of nitrogens with one attached hydrogen (secondary N) is 2. The number of carbonyl (C=O) groups is 3. The van der Waals surface area contributed by atoms with E-state index in [1.54, 1.807) is 19.9 Å². The number of amides is 2. The van der Waals surface area contributed by atoms with E-state index in [1.165, 1.54) is 7.11 Å². The van der Waals surface area contributed by atoms with Crippen LogP contribution in [0.15, 0.2) is 24.3 Å². The third-order valence-electron chi connectivity index (χ3n) is 5.41. The Balaban J connectivity index is 1.65. The third kappa shape index (κ3) is 5.32. The van der Waals surface area contributed by atoms with Crippen molar-refractivity contribution in [2.45, 2.75) is 33.2 Å². The van der Waals surface area contributed by atoms with E-state index in [9.17, 15) is 14.4 Å². The predicted molar refractivity (Wildman–Crippen MR) is 115 cm³/mol. The maximum absolute atomic E-state index is 12.7. The molecule has 0 unspecified atom stereocenters. The number of methoxy groups -OCH3 is 1. The molecule has 0 radical (unpaired) electrons. The highest BCUT2D eigenvalue weighted by Gasteiger charge is 2.23. The summed E-state index contributed by atoms with van der Waals surface area (Å²) < 4.78 is 10.1. The molecule has 3 rings (SSSR count). The van der Waals surface area contributed by atoms with Crippen LogP contribution in [-0.2, 0) is 16.0 Å². The maximum atomic E-state index is 12.7. The minimum Gasteiger partial charge on any atom is -0.460 e. The van der Waals surface area contributed by atoms with Crippen molar-refractivity contribution in [2.24, 2.45) is 0 Å². The topological polar surface area (TPSA) is 101 Å². The molecular formula is C23H29N3O5. The van der Waals surface area contributed by atoms with Crippen LogP contribution in [0.5, 0.6) is 0 Å². The lowest BCUT2D eigenvalue weighted by Gasteiger charge is -2.15. The number of esters is 1. The fraction of sp³-hybridized carbons (Fsp3) is 0.435. The van der Waals surface area contributed by atoms with Gasteiger partial charge in [0.15, 0.2) is 0 Å². The Morgan fingerprint density at radius 2 is 1.87 bits per heavy atom. The van der Waals surface area contributed by atoms with Gasteiger partial charge in [-0.05, 0) is 49.9 Å². The Bertz CT molecular complexity index is 960. The fourth-order valence-corrected chi connectivity index (χ4v) is 3.76. The summed E-state index contributed by atoms with van der Waals surface area (Å²) >= 11 is 0. The highest BCUT2D eigenvalue weighted by atomic mass is 16.6. The molecule has 0 aliphatic carbocycles. The van der Waals surface area contributed by atoms with Crippen molar-refractivity contribution in [3.8, 4) is 0 Å². The van der Waals surface area contributed by atoms with Gasteiger partial charge in [-0.2, -0.15) is 0 Å². The highest BCUT2D eigenvalue weighted by molar-refractivity contribution is 6.00. The van der Waals surface area contributed by atoms with Gasteiger partial charge >= 0.3 is 5.97 Å². The van der Waals surface area contributed by atoms with Crippen LogP contribution < -0.4 is 5.32 Å². The quantitative estimate of drug-likeness (QED) is 0.498. The van der Waals surface area contributed by atoms with Gasteiger partial charge in [-0.25, -0.2) is 4.79 Å². The standard InChI is InChI=1S/C23H29N3O5/c1-15-19(23(29)31-12-11-30-3)16(2)25-20(15)21(27)24-14-17-7-6-8-18(13-17)22(28)26-9-4-5-10-26/h6-8,13,25H,4-5,9-12,14H2,1-3H3,(H,24,27). The summed E-state index contributed by atoms with van der Waals surface area (Å²) in [6.07, 6.45) is 2.08. The van der Waals surface area contributed by atoms with Crippen LogP contribution in [0, 0.1) is 13.8 Å². The van der Waals surface area contributed by atoms with Crippen molar-refractivity contribution >= 4 is 17.8 Å². The minimum atomic E-state index is -0.490. The number of ether oxygens (including phenoxy) is 2. The van der Waals surface area contributed by atoms with Crippen LogP contribution >= 0.6 is 0 Å². The summed E-state index contributed by atoms with van der Waals surface area (Å²) in [4.78, 5) is 42.5. The number of aromatic nitrogens is 1. The second-order valence-electron chi connectivity index (χ2n) is 7.64.